The van der Waals surface area contributed by atoms with Crippen molar-refractivity contribution in [3.8, 4) is 0 Å². The van der Waals surface area contributed by atoms with E-state index in [2.05, 4.69) is 41.5 Å². The van der Waals surface area contributed by atoms with E-state index in [1.807, 2.05) is 0 Å². The Hall–Kier alpha value is -1.94. The van der Waals surface area contributed by atoms with Crippen LogP contribution in [0, 0.1) is 11.8 Å². The van der Waals surface area contributed by atoms with E-state index in [0.29, 0.717) is 31.6 Å². The monoisotopic (exact) mass is 1270 g/mol. The molecule has 86 heavy (non-hydrogen) atoms. The molecule has 0 aromatic carbocycles. The highest BCUT2D eigenvalue weighted by molar-refractivity contribution is 7.47. The largest absolute Gasteiger partial charge is 0.472 e. The van der Waals surface area contributed by atoms with Crippen molar-refractivity contribution >= 4 is 39.5 Å². The highest BCUT2D eigenvalue weighted by atomic mass is 31.2. The Labute approximate surface area is 524 Å². The summed E-state index contributed by atoms with van der Waals surface area (Å²) in [4.78, 5) is 72.3. The van der Waals surface area contributed by atoms with Gasteiger partial charge < -0.3 is 33.8 Å². The summed E-state index contributed by atoms with van der Waals surface area (Å²) < 4.78 is 68.1. The summed E-state index contributed by atoms with van der Waals surface area (Å²) in [6.45, 7) is 9.45. The second-order valence-corrected chi connectivity index (χ2v) is 28.1. The van der Waals surface area contributed by atoms with Gasteiger partial charge in [0.1, 0.15) is 19.3 Å². The maximum Gasteiger partial charge on any atom is 0.472 e. The first kappa shape index (κ1) is 84.1. The average molecular weight is 1270 g/mol. The van der Waals surface area contributed by atoms with Gasteiger partial charge in [0, 0.05) is 25.7 Å². The molecule has 0 aromatic rings. The lowest BCUT2D eigenvalue weighted by molar-refractivity contribution is -0.161. The zero-order valence-corrected chi connectivity index (χ0v) is 57.4. The Kier molecular flexibility index (Phi) is 58.0. The zero-order valence-electron chi connectivity index (χ0n) is 55.6. The predicted molar refractivity (Wildman–Crippen MR) is 345 cm³/mol. The van der Waals surface area contributed by atoms with Gasteiger partial charge in [-0.05, 0) is 37.5 Å². The van der Waals surface area contributed by atoms with Crippen LogP contribution in [-0.4, -0.2) is 96.7 Å². The summed E-state index contributed by atoms with van der Waals surface area (Å²) in [5.41, 5.74) is 0. The number of phosphoric ester groups is 2. The maximum atomic E-state index is 13.0. The van der Waals surface area contributed by atoms with Crippen LogP contribution in [0.5, 0.6) is 0 Å². The minimum absolute atomic E-state index is 0.103. The molecule has 510 valence electrons. The van der Waals surface area contributed by atoms with Crippen LogP contribution in [-0.2, 0) is 65.4 Å². The lowest BCUT2D eigenvalue weighted by Crippen LogP contribution is -2.30. The Balaban J connectivity index is 5.20. The number of esters is 4. The minimum Gasteiger partial charge on any atom is -0.462 e. The van der Waals surface area contributed by atoms with Crippen molar-refractivity contribution < 1.29 is 80.2 Å². The third-order valence-corrected chi connectivity index (χ3v) is 17.4. The molecule has 0 fully saturated rings. The lowest BCUT2D eigenvalue weighted by Gasteiger charge is -2.21. The van der Waals surface area contributed by atoms with Crippen LogP contribution in [0.1, 0.15) is 337 Å². The Morgan fingerprint density at radius 3 is 0.791 bits per heavy atom. The van der Waals surface area contributed by atoms with Crippen molar-refractivity contribution in [3.05, 3.63) is 0 Å². The van der Waals surface area contributed by atoms with E-state index in [1.165, 1.54) is 148 Å². The number of carbonyl (C=O) groups is 4. The predicted octanol–water partition coefficient (Wildman–Crippen LogP) is 18.8. The van der Waals surface area contributed by atoms with E-state index < -0.39 is 97.5 Å². The van der Waals surface area contributed by atoms with Crippen molar-refractivity contribution in [2.45, 2.75) is 355 Å². The smallest absolute Gasteiger partial charge is 0.462 e. The van der Waals surface area contributed by atoms with Crippen LogP contribution in [0.4, 0.5) is 0 Å². The number of hydrogen-bond donors (Lipinski definition) is 3. The van der Waals surface area contributed by atoms with Gasteiger partial charge >= 0.3 is 39.5 Å². The first-order valence-electron chi connectivity index (χ1n) is 35.0. The summed E-state index contributed by atoms with van der Waals surface area (Å²) in [6, 6.07) is 0. The summed E-state index contributed by atoms with van der Waals surface area (Å²) in [5.74, 6) is -0.641. The van der Waals surface area contributed by atoms with Crippen molar-refractivity contribution in [1.82, 2.24) is 0 Å². The van der Waals surface area contributed by atoms with Crippen molar-refractivity contribution in [1.29, 1.82) is 0 Å². The summed E-state index contributed by atoms with van der Waals surface area (Å²) >= 11 is 0. The van der Waals surface area contributed by atoms with Gasteiger partial charge in [0.25, 0.3) is 0 Å². The number of aliphatic hydroxyl groups is 1. The maximum absolute atomic E-state index is 13.0. The van der Waals surface area contributed by atoms with Crippen LogP contribution in [0.3, 0.4) is 0 Å². The second kappa shape index (κ2) is 59.4. The third-order valence-electron chi connectivity index (χ3n) is 15.5. The molecule has 0 aromatic heterocycles. The molecule has 5 atom stereocenters. The van der Waals surface area contributed by atoms with Gasteiger partial charge in [0.2, 0.25) is 0 Å². The molecule has 0 radical (unpaired) electrons. The van der Waals surface area contributed by atoms with E-state index >= 15 is 0 Å². The molecule has 19 heteroatoms. The van der Waals surface area contributed by atoms with E-state index in [1.54, 1.807) is 0 Å². The first-order chi connectivity index (χ1) is 41.4. The zero-order chi connectivity index (χ0) is 63.6. The fraction of sp³-hybridized carbons (Fsp3) is 0.940. The molecule has 0 saturated carbocycles. The summed E-state index contributed by atoms with van der Waals surface area (Å²) in [7, 11) is -9.89. The second-order valence-electron chi connectivity index (χ2n) is 25.2. The van der Waals surface area contributed by atoms with Crippen molar-refractivity contribution in [2.75, 3.05) is 39.6 Å². The van der Waals surface area contributed by atoms with E-state index in [4.69, 9.17) is 37.0 Å². The van der Waals surface area contributed by atoms with Crippen LogP contribution in [0.25, 0.3) is 0 Å². The topological polar surface area (TPSA) is 237 Å². The molecule has 3 N–H and O–H groups in total. The molecule has 0 heterocycles. The highest BCUT2D eigenvalue weighted by Crippen LogP contribution is 2.45. The van der Waals surface area contributed by atoms with E-state index in [9.17, 15) is 43.2 Å². The third kappa shape index (κ3) is 60.9. The molecule has 0 rings (SSSR count). The number of aliphatic hydroxyl groups excluding tert-OH is 1. The van der Waals surface area contributed by atoms with E-state index in [-0.39, 0.29) is 25.7 Å². The number of rotatable bonds is 66. The Morgan fingerprint density at radius 2 is 0.535 bits per heavy atom. The highest BCUT2D eigenvalue weighted by Gasteiger charge is 2.30. The average Bonchev–Trinajstić information content (AvgIpc) is 3.56. The summed E-state index contributed by atoms with van der Waals surface area (Å²) in [5, 5.41) is 10.5. The number of ether oxygens (including phenoxy) is 4. The fourth-order valence-corrected chi connectivity index (χ4v) is 11.6. The SMILES string of the molecule is CCCCCCCCCCCCCC(=O)OC[C@H](COP(=O)(O)OC[C@@H](O)COP(=O)(O)OC[C@@H](COC(=O)CCCCCCCCCC)OC(=O)CCCCCCCCCC(C)C)OC(=O)CCCCCCCCCCCCCCCCC(C)C. The quantitative estimate of drug-likeness (QED) is 0.0222. The number of hydrogen-bond acceptors (Lipinski definition) is 15. The van der Waals surface area contributed by atoms with Gasteiger partial charge in [-0.25, -0.2) is 9.13 Å². The van der Waals surface area contributed by atoms with Crippen molar-refractivity contribution in [3.63, 3.8) is 0 Å². The fourth-order valence-electron chi connectivity index (χ4n) is 10.1. The molecule has 17 nitrogen and oxygen atoms in total. The normalized spacial score (nSPS) is 14.2. The number of carbonyl (C=O) groups excluding carboxylic acids is 4. The first-order valence-corrected chi connectivity index (χ1v) is 38.0. The molecular weight excluding hydrogens is 1140 g/mol. The molecule has 0 aliphatic rings. The van der Waals surface area contributed by atoms with Crippen molar-refractivity contribution in [2.24, 2.45) is 11.8 Å². The summed E-state index contributed by atoms with van der Waals surface area (Å²) in [6.07, 6.45) is 43.2. The molecule has 0 amide bonds. The number of phosphoric acid groups is 2. The van der Waals surface area contributed by atoms with Gasteiger partial charge in [0.15, 0.2) is 12.2 Å². The molecule has 0 bridgehead atoms. The molecule has 0 spiro atoms. The molecule has 0 saturated heterocycles. The van der Waals surface area contributed by atoms with Gasteiger partial charge in [-0.3, -0.25) is 37.3 Å². The Bertz CT molecular complexity index is 1680. The van der Waals surface area contributed by atoms with Gasteiger partial charge in [-0.1, -0.05) is 286 Å². The van der Waals surface area contributed by atoms with Gasteiger partial charge in [0.05, 0.1) is 26.4 Å². The van der Waals surface area contributed by atoms with Crippen LogP contribution < -0.4 is 0 Å². The standard InChI is InChI=1S/C67H130O17P2/c1-7-9-11-13-15-17-22-26-32-38-44-50-65(70)78-56-62(83-66(71)51-45-39-33-27-24-21-19-18-20-23-25-29-35-41-47-59(3)4)57-81-85(73,74)79-53-61(68)54-80-86(75,76)82-58-63(55-77-64(69)49-43-37-31-16-14-12-10-8-2)84-67(72)52-46-40-34-28-30-36-42-48-60(5)6/h59-63,68H,7-58H2,1-6H3,(H,73,74)(H,75,76)/t61-,62-,63-/m1/s1. The van der Waals surface area contributed by atoms with Crippen LogP contribution in [0.15, 0.2) is 0 Å². The molecule has 0 aliphatic heterocycles. The molecule has 2 unspecified atom stereocenters. The van der Waals surface area contributed by atoms with Gasteiger partial charge in [-0.2, -0.15) is 0 Å². The molecule has 0 aliphatic carbocycles. The Morgan fingerprint density at radius 1 is 0.314 bits per heavy atom. The van der Waals surface area contributed by atoms with E-state index in [0.717, 1.165) is 102 Å². The van der Waals surface area contributed by atoms with Gasteiger partial charge in [-0.15, -0.1) is 0 Å². The molecular formula is C67H130O17P2. The lowest BCUT2D eigenvalue weighted by atomic mass is 10.0. The van der Waals surface area contributed by atoms with Crippen LogP contribution >= 0.6 is 15.6 Å². The number of unbranched alkanes of at least 4 members (excludes halogenated alkanes) is 36. The minimum atomic E-state index is -4.95. The van der Waals surface area contributed by atoms with Crippen LogP contribution in [0.2, 0.25) is 0 Å².